The lowest BCUT2D eigenvalue weighted by atomic mass is 10.0. The Morgan fingerprint density at radius 3 is 2.47 bits per heavy atom. The summed E-state index contributed by atoms with van der Waals surface area (Å²) < 4.78 is 10.4. The van der Waals surface area contributed by atoms with Gasteiger partial charge in [-0.15, -0.1) is 0 Å². The monoisotopic (exact) mass is 385 g/mol. The van der Waals surface area contributed by atoms with Crippen LogP contribution in [-0.4, -0.2) is 57.4 Å². The van der Waals surface area contributed by atoms with Crippen molar-refractivity contribution in [3.63, 3.8) is 0 Å². The van der Waals surface area contributed by atoms with Gasteiger partial charge in [-0.25, -0.2) is 9.59 Å². The van der Waals surface area contributed by atoms with E-state index in [4.69, 9.17) is 4.74 Å². The van der Waals surface area contributed by atoms with Crippen LogP contribution in [0.3, 0.4) is 0 Å². The molecule has 0 unspecified atom stereocenters. The lowest BCUT2D eigenvalue weighted by molar-refractivity contribution is -0.145. The molecule has 0 spiro atoms. The van der Waals surface area contributed by atoms with Crippen molar-refractivity contribution in [2.45, 2.75) is 44.4 Å². The van der Waals surface area contributed by atoms with E-state index in [0.29, 0.717) is 4.43 Å². The molecule has 2 atom stereocenters. The SMILES string of the molecule is COC(=O)[C@@H]1C[C@@](O)(CI)CN1C(=O)OC(C)(C)C. The summed E-state index contributed by atoms with van der Waals surface area (Å²) in [5.41, 5.74) is -1.72. The van der Waals surface area contributed by atoms with Crippen molar-refractivity contribution in [1.29, 1.82) is 0 Å². The molecule has 1 N–H and O–H groups in total. The third kappa shape index (κ3) is 4.20. The fraction of sp³-hybridized carbons (Fsp3) is 0.833. The van der Waals surface area contributed by atoms with Crippen LogP contribution >= 0.6 is 22.6 Å². The van der Waals surface area contributed by atoms with Crippen LogP contribution in [0, 0.1) is 0 Å². The van der Waals surface area contributed by atoms with Crippen molar-refractivity contribution in [3.05, 3.63) is 0 Å². The molecular weight excluding hydrogens is 365 g/mol. The number of rotatable bonds is 2. The van der Waals surface area contributed by atoms with Gasteiger partial charge in [-0.2, -0.15) is 0 Å². The lowest BCUT2D eigenvalue weighted by Crippen LogP contribution is -2.44. The molecule has 1 rings (SSSR count). The Morgan fingerprint density at radius 1 is 1.47 bits per heavy atom. The number of hydrogen-bond acceptors (Lipinski definition) is 5. The van der Waals surface area contributed by atoms with E-state index >= 15 is 0 Å². The Kier molecular flexibility index (Phi) is 5.05. The molecule has 19 heavy (non-hydrogen) atoms. The standard InChI is InChI=1S/C12H20INO5/c1-11(2,3)19-10(16)14-7-12(17,6-13)5-8(14)9(15)18-4/h8,17H,5-7H2,1-4H3/t8-,12+/m0/s1. The maximum atomic E-state index is 12.1. The number of methoxy groups -OCH3 is 1. The number of esters is 1. The van der Waals surface area contributed by atoms with Crippen molar-refractivity contribution >= 4 is 34.7 Å². The molecule has 1 aliphatic heterocycles. The zero-order valence-corrected chi connectivity index (χ0v) is 13.8. The highest BCUT2D eigenvalue weighted by atomic mass is 127. The Labute approximate surface area is 126 Å². The van der Waals surface area contributed by atoms with Crippen LogP contribution in [0.1, 0.15) is 27.2 Å². The molecule has 0 radical (unpaired) electrons. The third-order valence-corrected chi connectivity index (χ3v) is 4.18. The fourth-order valence-corrected chi connectivity index (χ4v) is 2.47. The molecule has 1 fully saturated rings. The van der Waals surface area contributed by atoms with Gasteiger partial charge < -0.3 is 14.6 Å². The molecule has 0 aromatic carbocycles. The molecule has 1 saturated heterocycles. The van der Waals surface area contributed by atoms with Gasteiger partial charge in [-0.05, 0) is 20.8 Å². The maximum Gasteiger partial charge on any atom is 0.411 e. The highest BCUT2D eigenvalue weighted by Gasteiger charge is 2.49. The topological polar surface area (TPSA) is 76.1 Å². The molecule has 1 amide bonds. The Hall–Kier alpha value is -0.570. The van der Waals surface area contributed by atoms with Crippen LogP contribution in [0.2, 0.25) is 0 Å². The van der Waals surface area contributed by atoms with Gasteiger partial charge in [-0.1, -0.05) is 22.6 Å². The van der Waals surface area contributed by atoms with Gasteiger partial charge in [0.1, 0.15) is 11.6 Å². The summed E-state index contributed by atoms with van der Waals surface area (Å²) in [5, 5.41) is 10.3. The van der Waals surface area contributed by atoms with Gasteiger partial charge in [-0.3, -0.25) is 4.90 Å². The van der Waals surface area contributed by atoms with Gasteiger partial charge >= 0.3 is 12.1 Å². The minimum absolute atomic E-state index is 0.0740. The van der Waals surface area contributed by atoms with Crippen LogP contribution in [-0.2, 0) is 14.3 Å². The first-order valence-corrected chi connectivity index (χ1v) is 7.50. The zero-order chi connectivity index (χ0) is 14.8. The largest absolute Gasteiger partial charge is 0.467 e. The van der Waals surface area contributed by atoms with E-state index in [9.17, 15) is 14.7 Å². The third-order valence-electron chi connectivity index (χ3n) is 2.76. The number of carbonyl (C=O) groups excluding carboxylic acids is 2. The average Bonchev–Trinajstić information content (AvgIpc) is 2.65. The van der Waals surface area contributed by atoms with Gasteiger partial charge in [0.05, 0.1) is 19.3 Å². The first-order valence-electron chi connectivity index (χ1n) is 5.98. The smallest absolute Gasteiger partial charge is 0.411 e. The number of ether oxygens (including phenoxy) is 2. The van der Waals surface area contributed by atoms with Crippen molar-refractivity contribution in [2.24, 2.45) is 0 Å². The number of halogens is 1. The molecule has 1 heterocycles. The number of nitrogens with zero attached hydrogens (tertiary/aromatic N) is 1. The molecule has 0 aromatic heterocycles. The summed E-state index contributed by atoms with van der Waals surface area (Å²) in [5.74, 6) is -0.536. The van der Waals surface area contributed by atoms with Gasteiger partial charge in [0, 0.05) is 10.8 Å². The van der Waals surface area contributed by atoms with E-state index in [1.165, 1.54) is 12.0 Å². The van der Waals surface area contributed by atoms with E-state index in [1.807, 2.05) is 22.6 Å². The van der Waals surface area contributed by atoms with Crippen molar-refractivity contribution in [2.75, 3.05) is 18.1 Å². The fourth-order valence-electron chi connectivity index (χ4n) is 1.92. The zero-order valence-electron chi connectivity index (χ0n) is 11.6. The second-order valence-corrected chi connectivity index (χ2v) is 6.47. The summed E-state index contributed by atoms with van der Waals surface area (Å²) in [4.78, 5) is 25.0. The van der Waals surface area contributed by atoms with Crippen LogP contribution in [0.5, 0.6) is 0 Å². The van der Waals surface area contributed by atoms with Crippen LogP contribution < -0.4 is 0 Å². The highest BCUT2D eigenvalue weighted by molar-refractivity contribution is 14.1. The van der Waals surface area contributed by atoms with E-state index in [1.54, 1.807) is 20.8 Å². The summed E-state index contributed by atoms with van der Waals surface area (Å²) in [6.07, 6.45) is -0.439. The molecule has 0 aliphatic carbocycles. The van der Waals surface area contributed by atoms with Gasteiger partial charge in [0.2, 0.25) is 0 Å². The number of aliphatic hydroxyl groups is 1. The Bertz CT molecular complexity index is 368. The maximum absolute atomic E-state index is 12.1. The number of β-amino-alcohol motifs (C(OH)–C–C–N with tert-alkyl or cyclic N) is 1. The molecule has 0 aromatic rings. The molecule has 6 nitrogen and oxygen atoms in total. The minimum Gasteiger partial charge on any atom is -0.467 e. The lowest BCUT2D eigenvalue weighted by Gasteiger charge is -2.27. The summed E-state index contributed by atoms with van der Waals surface area (Å²) in [6, 6.07) is -0.792. The normalized spacial score (nSPS) is 27.3. The predicted molar refractivity (Wildman–Crippen MR) is 77.2 cm³/mol. The number of hydrogen-bond donors (Lipinski definition) is 1. The molecule has 0 saturated carbocycles. The van der Waals surface area contributed by atoms with E-state index in [2.05, 4.69) is 4.74 Å². The summed E-state index contributed by atoms with van der Waals surface area (Å²) >= 11 is 2.03. The number of likely N-dealkylation sites (tertiary alicyclic amines) is 1. The Morgan fingerprint density at radius 2 is 2.05 bits per heavy atom. The summed E-state index contributed by atoms with van der Waals surface area (Å²) in [6.45, 7) is 5.32. The first-order chi connectivity index (χ1) is 8.62. The number of carbonyl (C=O) groups is 2. The van der Waals surface area contributed by atoms with Gasteiger partial charge in [0.25, 0.3) is 0 Å². The van der Waals surface area contributed by atoms with E-state index in [0.717, 1.165) is 0 Å². The van der Waals surface area contributed by atoms with E-state index < -0.39 is 29.3 Å². The molecule has 1 aliphatic rings. The second-order valence-electron chi connectivity index (χ2n) is 5.71. The predicted octanol–water partition coefficient (Wildman–Crippen LogP) is 1.33. The second kappa shape index (κ2) is 5.82. The van der Waals surface area contributed by atoms with Crippen molar-refractivity contribution < 1.29 is 24.2 Å². The molecule has 0 bridgehead atoms. The summed E-state index contributed by atoms with van der Waals surface area (Å²) in [7, 11) is 1.26. The molecule has 7 heteroatoms. The molecule has 110 valence electrons. The number of alkyl halides is 1. The minimum atomic E-state index is -1.07. The highest BCUT2D eigenvalue weighted by Crippen LogP contribution is 2.31. The van der Waals surface area contributed by atoms with Crippen LogP contribution in [0.4, 0.5) is 4.79 Å². The first kappa shape index (κ1) is 16.5. The average molecular weight is 385 g/mol. The van der Waals surface area contributed by atoms with Crippen molar-refractivity contribution in [1.82, 2.24) is 4.90 Å². The van der Waals surface area contributed by atoms with Gasteiger partial charge in [0.15, 0.2) is 0 Å². The van der Waals surface area contributed by atoms with Crippen LogP contribution in [0.15, 0.2) is 0 Å². The van der Waals surface area contributed by atoms with Crippen LogP contribution in [0.25, 0.3) is 0 Å². The Balaban J connectivity index is 2.89. The van der Waals surface area contributed by atoms with Crippen molar-refractivity contribution in [3.8, 4) is 0 Å². The molecular formula is C12H20INO5. The van der Waals surface area contributed by atoms with E-state index in [-0.39, 0.29) is 13.0 Å². The quantitative estimate of drug-likeness (QED) is 0.441. The number of amides is 1.